The standard InChI is InChI=1S/C18H22FNO4S/c1-4-6-11(2)20-15(21)10-24-18(22)17-12(9-23-3)16-13(19)7-5-8-14(16)25-17/h5,7-8,11H,4,6,9-10H2,1-3H3,(H,20,21)/t11-/m1/s1. The third-order valence-electron chi connectivity index (χ3n) is 3.70. The van der Waals surface area contributed by atoms with Gasteiger partial charge < -0.3 is 14.8 Å². The summed E-state index contributed by atoms with van der Waals surface area (Å²) in [6.07, 6.45) is 1.81. The highest BCUT2D eigenvalue weighted by Crippen LogP contribution is 2.34. The maximum absolute atomic E-state index is 14.1. The molecule has 0 saturated carbocycles. The molecule has 0 aliphatic rings. The molecule has 0 radical (unpaired) electrons. The van der Waals surface area contributed by atoms with Gasteiger partial charge in [-0.1, -0.05) is 19.4 Å². The van der Waals surface area contributed by atoms with Gasteiger partial charge in [0.05, 0.1) is 6.61 Å². The fourth-order valence-electron chi connectivity index (χ4n) is 2.63. The van der Waals surface area contributed by atoms with E-state index in [1.807, 2.05) is 13.8 Å². The molecule has 0 aliphatic heterocycles. The smallest absolute Gasteiger partial charge is 0.349 e. The minimum atomic E-state index is -0.647. The van der Waals surface area contributed by atoms with E-state index >= 15 is 0 Å². The van der Waals surface area contributed by atoms with Gasteiger partial charge in [-0.05, 0) is 25.5 Å². The number of halogens is 1. The second-order valence-corrected chi connectivity index (χ2v) is 6.84. The molecule has 7 heteroatoms. The minimum absolute atomic E-state index is 0.0266. The molecule has 0 aliphatic carbocycles. The van der Waals surface area contributed by atoms with Crippen LogP contribution in [0, 0.1) is 5.82 Å². The van der Waals surface area contributed by atoms with E-state index in [1.54, 1.807) is 12.1 Å². The van der Waals surface area contributed by atoms with Gasteiger partial charge in [0.25, 0.3) is 5.91 Å². The van der Waals surface area contributed by atoms with Crippen LogP contribution in [0.5, 0.6) is 0 Å². The van der Waals surface area contributed by atoms with Gasteiger partial charge >= 0.3 is 5.97 Å². The van der Waals surface area contributed by atoms with Gasteiger partial charge in [-0.25, -0.2) is 9.18 Å². The molecule has 0 bridgehead atoms. The highest BCUT2D eigenvalue weighted by Gasteiger charge is 2.22. The molecule has 2 aromatic rings. The number of hydrogen-bond donors (Lipinski definition) is 1. The predicted molar refractivity (Wildman–Crippen MR) is 95.3 cm³/mol. The lowest BCUT2D eigenvalue weighted by atomic mass is 10.1. The van der Waals surface area contributed by atoms with Crippen molar-refractivity contribution in [3.63, 3.8) is 0 Å². The molecular weight excluding hydrogens is 345 g/mol. The molecule has 2 rings (SSSR count). The summed E-state index contributed by atoms with van der Waals surface area (Å²) in [7, 11) is 1.47. The highest BCUT2D eigenvalue weighted by molar-refractivity contribution is 7.21. The first-order chi connectivity index (χ1) is 12.0. The summed E-state index contributed by atoms with van der Waals surface area (Å²) in [5.41, 5.74) is 0.449. The maximum Gasteiger partial charge on any atom is 0.349 e. The number of ether oxygens (including phenoxy) is 2. The first kappa shape index (κ1) is 19.3. The molecular formula is C18H22FNO4S. The quantitative estimate of drug-likeness (QED) is 0.724. The normalized spacial score (nSPS) is 12.2. The van der Waals surface area contributed by atoms with Crippen molar-refractivity contribution in [3.05, 3.63) is 34.5 Å². The van der Waals surface area contributed by atoms with Crippen LogP contribution in [0.3, 0.4) is 0 Å². The summed E-state index contributed by atoms with van der Waals surface area (Å²) in [6.45, 7) is 3.65. The molecule has 0 unspecified atom stereocenters. The molecule has 1 aromatic carbocycles. The lowest BCUT2D eigenvalue weighted by molar-refractivity contribution is -0.124. The fraction of sp³-hybridized carbons (Fsp3) is 0.444. The lowest BCUT2D eigenvalue weighted by Crippen LogP contribution is -2.35. The molecule has 0 spiro atoms. The average Bonchev–Trinajstić information content (AvgIpc) is 2.93. The first-order valence-electron chi connectivity index (χ1n) is 8.13. The lowest BCUT2D eigenvalue weighted by Gasteiger charge is -2.12. The van der Waals surface area contributed by atoms with Crippen LogP contribution in [0.1, 0.15) is 41.9 Å². The molecule has 1 N–H and O–H groups in total. The third-order valence-corrected chi connectivity index (χ3v) is 4.88. The van der Waals surface area contributed by atoms with Gasteiger partial charge in [0, 0.05) is 28.8 Å². The summed E-state index contributed by atoms with van der Waals surface area (Å²) in [4.78, 5) is 24.5. The number of thiophene rings is 1. The van der Waals surface area contributed by atoms with Crippen molar-refractivity contribution < 1.29 is 23.5 Å². The van der Waals surface area contributed by atoms with Crippen molar-refractivity contribution in [2.75, 3.05) is 13.7 Å². The fourth-order valence-corrected chi connectivity index (χ4v) is 3.75. The number of nitrogens with one attached hydrogen (secondary N) is 1. The number of carbonyl (C=O) groups is 2. The van der Waals surface area contributed by atoms with E-state index < -0.39 is 11.8 Å². The van der Waals surface area contributed by atoms with Crippen LogP contribution < -0.4 is 5.32 Å². The Morgan fingerprint density at radius 1 is 1.36 bits per heavy atom. The van der Waals surface area contributed by atoms with E-state index in [2.05, 4.69) is 5.32 Å². The molecule has 1 amide bonds. The Bertz CT molecular complexity index is 759. The molecule has 0 saturated heterocycles. The Balaban J connectivity index is 2.12. The van der Waals surface area contributed by atoms with Gasteiger partial charge in [0.1, 0.15) is 10.7 Å². The molecule has 5 nitrogen and oxygen atoms in total. The zero-order valence-corrected chi connectivity index (χ0v) is 15.4. The second-order valence-electron chi connectivity index (χ2n) is 5.79. The van der Waals surface area contributed by atoms with Gasteiger partial charge in [-0.15, -0.1) is 11.3 Å². The van der Waals surface area contributed by atoms with E-state index in [9.17, 15) is 14.0 Å². The molecule has 0 fully saturated rings. The summed E-state index contributed by atoms with van der Waals surface area (Å²) in [5.74, 6) is -1.41. The van der Waals surface area contributed by atoms with Crippen LogP contribution >= 0.6 is 11.3 Å². The Morgan fingerprint density at radius 2 is 2.12 bits per heavy atom. The molecule has 1 aromatic heterocycles. The van der Waals surface area contributed by atoms with Gasteiger partial charge in [0.2, 0.25) is 0 Å². The maximum atomic E-state index is 14.1. The zero-order valence-electron chi connectivity index (χ0n) is 14.6. The summed E-state index contributed by atoms with van der Waals surface area (Å²) < 4.78 is 25.0. The number of amides is 1. The minimum Gasteiger partial charge on any atom is -0.451 e. The van der Waals surface area contributed by atoms with Crippen molar-refractivity contribution in [2.24, 2.45) is 0 Å². The van der Waals surface area contributed by atoms with E-state index in [1.165, 1.54) is 13.2 Å². The third kappa shape index (κ3) is 4.76. The van der Waals surface area contributed by atoms with Crippen LogP contribution in [0.4, 0.5) is 4.39 Å². The molecule has 25 heavy (non-hydrogen) atoms. The number of fused-ring (bicyclic) bond motifs is 1. The van der Waals surface area contributed by atoms with Crippen LogP contribution in [0.2, 0.25) is 0 Å². The Kier molecular flexibility index (Phi) is 6.90. The van der Waals surface area contributed by atoms with Gasteiger partial charge in [-0.3, -0.25) is 4.79 Å². The van der Waals surface area contributed by atoms with Gasteiger partial charge in [0.15, 0.2) is 6.61 Å². The average molecular weight is 367 g/mol. The number of benzene rings is 1. The Hall–Kier alpha value is -1.99. The van der Waals surface area contributed by atoms with E-state index in [0.29, 0.717) is 15.6 Å². The number of hydrogen-bond acceptors (Lipinski definition) is 5. The topological polar surface area (TPSA) is 64.6 Å². The first-order valence-corrected chi connectivity index (χ1v) is 8.94. The van der Waals surface area contributed by atoms with Crippen LogP contribution in [-0.2, 0) is 20.9 Å². The van der Waals surface area contributed by atoms with E-state index in [0.717, 1.165) is 24.2 Å². The summed E-state index contributed by atoms with van der Waals surface area (Å²) in [6, 6.07) is 4.69. The van der Waals surface area contributed by atoms with Crippen LogP contribution in [0.15, 0.2) is 18.2 Å². The van der Waals surface area contributed by atoms with Gasteiger partial charge in [-0.2, -0.15) is 0 Å². The zero-order chi connectivity index (χ0) is 18.4. The van der Waals surface area contributed by atoms with E-state index in [-0.39, 0.29) is 30.0 Å². The second kappa shape index (κ2) is 8.92. The van der Waals surface area contributed by atoms with Crippen molar-refractivity contribution in [3.8, 4) is 0 Å². The van der Waals surface area contributed by atoms with E-state index in [4.69, 9.17) is 9.47 Å². The summed E-state index contributed by atoms with van der Waals surface area (Å²) in [5, 5.41) is 3.13. The number of methoxy groups -OCH3 is 1. The SMILES string of the molecule is CCC[C@@H](C)NC(=O)COC(=O)c1sc2cccc(F)c2c1COC. The monoisotopic (exact) mass is 367 g/mol. The van der Waals surface area contributed by atoms with Crippen LogP contribution in [0.25, 0.3) is 10.1 Å². The Labute approximate surface area is 150 Å². The van der Waals surface area contributed by atoms with Crippen molar-refractivity contribution in [1.82, 2.24) is 5.32 Å². The predicted octanol–water partition coefficient (Wildman–Crippen LogP) is 3.65. The van der Waals surface area contributed by atoms with Crippen molar-refractivity contribution >= 4 is 33.3 Å². The number of esters is 1. The molecule has 136 valence electrons. The highest BCUT2D eigenvalue weighted by atomic mass is 32.1. The number of carbonyl (C=O) groups excluding carboxylic acids is 2. The molecule has 1 atom stereocenters. The largest absolute Gasteiger partial charge is 0.451 e. The molecule has 1 heterocycles. The Morgan fingerprint density at radius 3 is 2.80 bits per heavy atom. The van der Waals surface area contributed by atoms with Crippen LogP contribution in [-0.4, -0.2) is 31.6 Å². The van der Waals surface area contributed by atoms with Crippen molar-refractivity contribution in [2.45, 2.75) is 39.3 Å². The van der Waals surface area contributed by atoms with Crippen molar-refractivity contribution in [1.29, 1.82) is 0 Å². The summed E-state index contributed by atoms with van der Waals surface area (Å²) >= 11 is 1.13. The number of rotatable bonds is 8.